The zero-order chi connectivity index (χ0) is 17.6. The summed E-state index contributed by atoms with van der Waals surface area (Å²) in [4.78, 5) is 23.5. The van der Waals surface area contributed by atoms with Gasteiger partial charge in [0, 0.05) is 17.2 Å². The second-order valence-corrected chi connectivity index (χ2v) is 5.58. The highest BCUT2D eigenvalue weighted by molar-refractivity contribution is 6.30. The molecule has 0 N–H and O–H groups in total. The van der Waals surface area contributed by atoms with E-state index in [-0.39, 0.29) is 0 Å². The molecule has 0 amide bonds. The second-order valence-electron chi connectivity index (χ2n) is 5.14. The maximum atomic E-state index is 11.8. The Kier molecular flexibility index (Phi) is 5.11. The highest BCUT2D eigenvalue weighted by Gasteiger charge is 2.05. The van der Waals surface area contributed by atoms with Gasteiger partial charge < -0.3 is 9.47 Å². The predicted molar refractivity (Wildman–Crippen MR) is 95.8 cm³/mol. The zero-order valence-corrected chi connectivity index (χ0v) is 13.8. The molecule has 0 atom stereocenters. The van der Waals surface area contributed by atoms with E-state index in [1.165, 1.54) is 6.07 Å². The number of ether oxygens (including phenoxy) is 2. The maximum absolute atomic E-state index is 11.8. The number of carbonyl (C=O) groups excluding carboxylic acids is 2. The summed E-state index contributed by atoms with van der Waals surface area (Å²) in [6.45, 7) is 0. The second kappa shape index (κ2) is 7.64. The lowest BCUT2D eigenvalue weighted by Crippen LogP contribution is -2.08. The molecule has 3 rings (SSSR count). The van der Waals surface area contributed by atoms with Gasteiger partial charge in [-0.05, 0) is 41.1 Å². The lowest BCUT2D eigenvalue weighted by Gasteiger charge is -2.03. The minimum atomic E-state index is -0.697. The molecule has 0 bridgehead atoms. The van der Waals surface area contributed by atoms with Gasteiger partial charge in [0.2, 0.25) is 0 Å². The molecule has 25 heavy (non-hydrogen) atoms. The minimum Gasteiger partial charge on any atom is -0.423 e. The Morgan fingerprint density at radius 3 is 2.04 bits per heavy atom. The van der Waals surface area contributed by atoms with Crippen molar-refractivity contribution in [3.63, 3.8) is 0 Å². The van der Waals surface area contributed by atoms with Crippen molar-refractivity contribution in [2.45, 2.75) is 0 Å². The van der Waals surface area contributed by atoms with E-state index < -0.39 is 11.9 Å². The van der Waals surface area contributed by atoms with Gasteiger partial charge in [0.05, 0.1) is 0 Å². The van der Waals surface area contributed by atoms with Gasteiger partial charge in [-0.25, -0.2) is 9.59 Å². The monoisotopic (exact) mass is 352 g/mol. The number of rotatable bonds is 4. The molecule has 0 fully saturated rings. The smallest absolute Gasteiger partial charge is 0.336 e. The fourth-order valence-electron chi connectivity index (χ4n) is 2.20. The molecular formula is C20H13ClO4. The van der Waals surface area contributed by atoms with Crippen molar-refractivity contribution in [3.05, 3.63) is 83.9 Å². The number of hydrogen-bond acceptors (Lipinski definition) is 4. The molecule has 0 spiro atoms. The van der Waals surface area contributed by atoms with E-state index in [1.54, 1.807) is 30.3 Å². The fourth-order valence-corrected chi connectivity index (χ4v) is 2.38. The van der Waals surface area contributed by atoms with Gasteiger partial charge in [-0.2, -0.15) is 0 Å². The van der Waals surface area contributed by atoms with Gasteiger partial charge in [-0.1, -0.05) is 48.0 Å². The molecule has 0 aliphatic carbocycles. The van der Waals surface area contributed by atoms with E-state index >= 15 is 0 Å². The molecule has 3 aromatic rings. The Balaban J connectivity index is 1.60. The van der Waals surface area contributed by atoms with Gasteiger partial charge in [-0.15, -0.1) is 0 Å². The quantitative estimate of drug-likeness (QED) is 0.392. The van der Waals surface area contributed by atoms with Crippen LogP contribution < -0.4 is 9.47 Å². The number of halogens is 1. The molecule has 0 unspecified atom stereocenters. The summed E-state index contributed by atoms with van der Waals surface area (Å²) in [6, 6.07) is 19.4. The lowest BCUT2D eigenvalue weighted by atomic mass is 10.1. The van der Waals surface area contributed by atoms with Crippen LogP contribution >= 0.6 is 11.6 Å². The van der Waals surface area contributed by atoms with Gasteiger partial charge in [0.15, 0.2) is 0 Å². The van der Waals surface area contributed by atoms with E-state index in [2.05, 4.69) is 0 Å². The average molecular weight is 353 g/mol. The maximum Gasteiger partial charge on any atom is 0.336 e. The van der Waals surface area contributed by atoms with E-state index in [0.29, 0.717) is 16.5 Å². The van der Waals surface area contributed by atoms with Crippen molar-refractivity contribution >= 4 is 34.3 Å². The topological polar surface area (TPSA) is 52.6 Å². The Bertz CT molecular complexity index is 963. The van der Waals surface area contributed by atoms with Gasteiger partial charge in [0.1, 0.15) is 11.5 Å². The number of esters is 2. The van der Waals surface area contributed by atoms with Gasteiger partial charge in [-0.3, -0.25) is 0 Å². The first kappa shape index (κ1) is 16.7. The van der Waals surface area contributed by atoms with Crippen molar-refractivity contribution < 1.29 is 19.1 Å². The number of benzene rings is 3. The molecule has 5 heteroatoms. The van der Waals surface area contributed by atoms with Crippen LogP contribution in [-0.4, -0.2) is 11.9 Å². The zero-order valence-electron chi connectivity index (χ0n) is 13.0. The normalized spacial score (nSPS) is 10.8. The molecule has 3 aromatic carbocycles. The minimum absolute atomic E-state index is 0.296. The van der Waals surface area contributed by atoms with Crippen molar-refractivity contribution in [1.82, 2.24) is 0 Å². The summed E-state index contributed by atoms with van der Waals surface area (Å²) >= 11 is 5.80. The van der Waals surface area contributed by atoms with Crippen LogP contribution in [-0.2, 0) is 9.59 Å². The molecule has 0 heterocycles. The lowest BCUT2D eigenvalue weighted by molar-refractivity contribution is -0.131. The Morgan fingerprint density at radius 2 is 1.36 bits per heavy atom. The van der Waals surface area contributed by atoms with E-state index in [4.69, 9.17) is 21.1 Å². The molecule has 0 aromatic heterocycles. The summed E-state index contributed by atoms with van der Waals surface area (Å²) in [7, 11) is 0. The Hall–Kier alpha value is -3.11. The Labute approximate surface area is 149 Å². The van der Waals surface area contributed by atoms with E-state index in [9.17, 15) is 9.59 Å². The first-order valence-electron chi connectivity index (χ1n) is 7.46. The molecule has 4 nitrogen and oxygen atoms in total. The third-order valence-corrected chi connectivity index (χ3v) is 3.54. The molecule has 124 valence electrons. The largest absolute Gasteiger partial charge is 0.423 e. The first-order chi connectivity index (χ1) is 12.1. The summed E-state index contributed by atoms with van der Waals surface area (Å²) < 4.78 is 10.2. The van der Waals surface area contributed by atoms with Crippen LogP contribution in [0.5, 0.6) is 11.5 Å². The number of hydrogen-bond donors (Lipinski definition) is 0. The van der Waals surface area contributed by atoms with E-state index in [1.807, 2.05) is 30.3 Å². The molecule has 0 saturated carbocycles. The highest BCUT2D eigenvalue weighted by atomic mass is 35.5. The molecule has 0 aliphatic heterocycles. The summed E-state index contributed by atoms with van der Waals surface area (Å²) in [6.07, 6.45) is 2.02. The van der Waals surface area contributed by atoms with Crippen LogP contribution in [0.15, 0.2) is 78.9 Å². The molecule has 0 saturated heterocycles. The van der Waals surface area contributed by atoms with Crippen molar-refractivity contribution in [1.29, 1.82) is 0 Å². The fraction of sp³-hybridized carbons (Fsp3) is 0. The summed E-state index contributed by atoms with van der Waals surface area (Å²) in [5, 5.41) is 2.45. The van der Waals surface area contributed by atoms with Crippen molar-refractivity contribution in [2.24, 2.45) is 0 Å². The van der Waals surface area contributed by atoms with Crippen molar-refractivity contribution in [2.75, 3.05) is 0 Å². The summed E-state index contributed by atoms with van der Waals surface area (Å²) in [5.74, 6) is -0.669. The summed E-state index contributed by atoms with van der Waals surface area (Å²) in [5.41, 5.74) is 0. The van der Waals surface area contributed by atoms with Crippen LogP contribution in [0.1, 0.15) is 0 Å². The molecule has 0 aliphatic rings. The van der Waals surface area contributed by atoms with Gasteiger partial charge >= 0.3 is 11.9 Å². The van der Waals surface area contributed by atoms with Crippen LogP contribution in [0, 0.1) is 0 Å². The highest BCUT2D eigenvalue weighted by Crippen LogP contribution is 2.21. The molecular weight excluding hydrogens is 340 g/mol. The van der Waals surface area contributed by atoms with E-state index in [0.717, 1.165) is 22.9 Å². The van der Waals surface area contributed by atoms with Crippen molar-refractivity contribution in [3.8, 4) is 11.5 Å². The molecule has 0 radical (unpaired) electrons. The van der Waals surface area contributed by atoms with Crippen LogP contribution in [0.25, 0.3) is 10.8 Å². The number of fused-ring (bicyclic) bond motifs is 1. The van der Waals surface area contributed by atoms with Gasteiger partial charge in [0.25, 0.3) is 0 Å². The standard InChI is InChI=1S/C20H13ClO4/c21-16-6-3-7-17(13-16)24-19(22)10-11-20(23)25-18-9-8-14-4-1-2-5-15(14)12-18/h1-13H/b11-10+. The third kappa shape index (κ3) is 4.68. The third-order valence-electron chi connectivity index (χ3n) is 3.31. The average Bonchev–Trinajstić information content (AvgIpc) is 2.60. The number of carbonyl (C=O) groups is 2. The van der Waals surface area contributed by atoms with Crippen LogP contribution in [0.3, 0.4) is 0 Å². The predicted octanol–water partition coefficient (Wildman–Crippen LogP) is 4.56. The van der Waals surface area contributed by atoms with Crippen LogP contribution in [0.2, 0.25) is 5.02 Å². The first-order valence-corrected chi connectivity index (χ1v) is 7.84. The Morgan fingerprint density at radius 1 is 0.720 bits per heavy atom. The van der Waals surface area contributed by atoms with Crippen LogP contribution in [0.4, 0.5) is 0 Å². The SMILES string of the molecule is O=C(/C=C/C(=O)Oc1ccc2ccccc2c1)Oc1cccc(Cl)c1.